The van der Waals surface area contributed by atoms with Gasteiger partial charge in [0.25, 0.3) is 0 Å². The van der Waals surface area contributed by atoms with Crippen LogP contribution in [0.25, 0.3) is 0 Å². The number of carboxylic acids is 1. The van der Waals surface area contributed by atoms with E-state index in [2.05, 4.69) is 5.92 Å². The van der Waals surface area contributed by atoms with Gasteiger partial charge in [-0.25, -0.2) is 5.06 Å². The first kappa shape index (κ1) is 39.7. The number of rotatable bonds is 20. The van der Waals surface area contributed by atoms with Gasteiger partial charge in [-0.1, -0.05) is 64.1 Å². The summed E-state index contributed by atoms with van der Waals surface area (Å²) in [6.45, 7) is 12.9. The fourth-order valence-electron chi connectivity index (χ4n) is 4.70. The second-order valence-corrected chi connectivity index (χ2v) is 13.6. The largest absolute Gasteiger partial charge is 0.481 e. The van der Waals surface area contributed by atoms with Gasteiger partial charge in [0.05, 0.1) is 18.1 Å². The summed E-state index contributed by atoms with van der Waals surface area (Å²) in [6, 6.07) is 7.01. The van der Waals surface area contributed by atoms with Crippen molar-refractivity contribution in [1.29, 1.82) is 5.41 Å². The number of carboxylic acid groups (broad SMARTS) is 1. The highest BCUT2D eigenvalue weighted by Gasteiger charge is 2.34. The topological polar surface area (TPSA) is 143 Å². The van der Waals surface area contributed by atoms with Crippen LogP contribution in [0.3, 0.4) is 0 Å². The Morgan fingerprint density at radius 2 is 1.84 bits per heavy atom. The molecule has 0 aliphatic heterocycles. The highest BCUT2D eigenvalue weighted by Crippen LogP contribution is 2.30. The molecule has 3 unspecified atom stereocenters. The monoisotopic (exact) mass is 643 g/mol. The van der Waals surface area contributed by atoms with E-state index in [9.17, 15) is 19.5 Å². The lowest BCUT2D eigenvalue weighted by molar-refractivity contribution is -0.209. The van der Waals surface area contributed by atoms with E-state index < -0.39 is 29.5 Å². The highest BCUT2D eigenvalue weighted by atomic mass is 32.2. The van der Waals surface area contributed by atoms with Crippen molar-refractivity contribution < 1.29 is 29.1 Å². The SMILES string of the molecule is C#CCCCON(C(=O)C[C@@H](C)CC)C(CC(OC(C)=O)C(=N)S/C=C/C(Cc1ccc(N)cc1)CC(C)(C)C(=O)O)C(C)C. The van der Waals surface area contributed by atoms with Crippen LogP contribution in [0.15, 0.2) is 35.7 Å². The number of carbonyl (C=O) groups is 3. The normalized spacial score (nSPS) is 14.4. The molecule has 0 saturated carbocycles. The van der Waals surface area contributed by atoms with Crippen LogP contribution in [0.1, 0.15) is 92.6 Å². The highest BCUT2D eigenvalue weighted by molar-refractivity contribution is 8.16. The Morgan fingerprint density at radius 1 is 1.20 bits per heavy atom. The number of terminal acetylenes is 1. The fraction of sp³-hybridized carbons (Fsp3) is 0.600. The molecule has 45 heavy (non-hydrogen) atoms. The predicted molar refractivity (Wildman–Crippen MR) is 182 cm³/mol. The van der Waals surface area contributed by atoms with Gasteiger partial charge in [-0.2, -0.15) is 0 Å². The minimum Gasteiger partial charge on any atom is -0.481 e. The lowest BCUT2D eigenvalue weighted by atomic mass is 9.80. The molecule has 0 radical (unpaired) electrons. The third-order valence-electron chi connectivity index (χ3n) is 7.66. The predicted octanol–water partition coefficient (Wildman–Crippen LogP) is 7.11. The van der Waals surface area contributed by atoms with E-state index in [1.807, 2.05) is 58.0 Å². The molecule has 0 heterocycles. The lowest BCUT2D eigenvalue weighted by Gasteiger charge is -2.35. The fourth-order valence-corrected chi connectivity index (χ4v) is 5.44. The van der Waals surface area contributed by atoms with Gasteiger partial charge in [0.15, 0.2) is 6.10 Å². The van der Waals surface area contributed by atoms with Gasteiger partial charge in [-0.3, -0.25) is 24.6 Å². The standard InChI is InChI=1S/C35H53N3O6S/c1-9-11-12-18-43-38(32(40)20-25(5)10-2)30(24(3)4)22-31(44-26(6)39)33(37)45-19-17-28(23-35(7,8)34(41)42)21-27-13-15-29(36)16-14-27/h1,13-17,19,24-25,28,30-31,37H,10-12,18,20-23,36H2,2-8H3,(H,41,42)/b19-17+,37-33?/t25-,28?,30?,31?/m0/s1. The summed E-state index contributed by atoms with van der Waals surface area (Å²) in [5.41, 5.74) is 6.54. The maximum atomic E-state index is 13.4. The minimum absolute atomic E-state index is 0.0625. The number of nitrogens with one attached hydrogen (secondary N) is 1. The van der Waals surface area contributed by atoms with Crippen molar-refractivity contribution in [3.63, 3.8) is 0 Å². The van der Waals surface area contributed by atoms with Crippen molar-refractivity contribution in [2.75, 3.05) is 12.3 Å². The number of nitrogens with two attached hydrogens (primary N) is 1. The number of thioether (sulfide) groups is 1. The number of hydroxylamine groups is 2. The van der Waals surface area contributed by atoms with Gasteiger partial charge < -0.3 is 15.6 Å². The number of ether oxygens (including phenoxy) is 1. The third kappa shape index (κ3) is 15.0. The number of esters is 1. The minimum atomic E-state index is -0.961. The Hall–Kier alpha value is -3.29. The Balaban J connectivity index is 3.23. The molecule has 1 aromatic rings. The Morgan fingerprint density at radius 3 is 2.38 bits per heavy atom. The average molecular weight is 644 g/mol. The van der Waals surface area contributed by atoms with Crippen molar-refractivity contribution in [1.82, 2.24) is 5.06 Å². The number of unbranched alkanes of at least 4 members (excludes halogenated alkanes) is 1. The lowest BCUT2D eigenvalue weighted by Crippen LogP contribution is -2.47. The number of amides is 1. The molecule has 1 aromatic carbocycles. The molecule has 250 valence electrons. The Labute approximate surface area is 274 Å². The molecule has 4 N–H and O–H groups in total. The summed E-state index contributed by atoms with van der Waals surface area (Å²) in [5, 5.41) is 21.9. The van der Waals surface area contributed by atoms with Crippen LogP contribution in [0.2, 0.25) is 0 Å². The molecule has 0 spiro atoms. The van der Waals surface area contributed by atoms with Crippen LogP contribution in [-0.4, -0.2) is 51.8 Å². The number of hydrogen-bond acceptors (Lipinski definition) is 8. The number of anilines is 1. The zero-order valence-corrected chi connectivity index (χ0v) is 28.8. The molecule has 0 aliphatic carbocycles. The van der Waals surface area contributed by atoms with Crippen LogP contribution in [0.5, 0.6) is 0 Å². The third-order valence-corrected chi connectivity index (χ3v) is 8.47. The molecule has 0 aromatic heterocycles. The van der Waals surface area contributed by atoms with Crippen LogP contribution >= 0.6 is 11.8 Å². The van der Waals surface area contributed by atoms with E-state index in [-0.39, 0.29) is 41.7 Å². The van der Waals surface area contributed by atoms with E-state index in [0.29, 0.717) is 37.8 Å². The molecule has 0 saturated heterocycles. The maximum Gasteiger partial charge on any atom is 0.309 e. The maximum absolute atomic E-state index is 13.4. The zero-order valence-electron chi connectivity index (χ0n) is 28.0. The van der Waals surface area contributed by atoms with Gasteiger partial charge in [0.1, 0.15) is 5.04 Å². The average Bonchev–Trinajstić information content (AvgIpc) is 2.95. The molecule has 9 nitrogen and oxygen atoms in total. The van der Waals surface area contributed by atoms with Crippen LogP contribution in [0.4, 0.5) is 5.69 Å². The number of allylic oxidation sites excluding steroid dienone is 1. The second-order valence-electron chi connectivity index (χ2n) is 12.6. The molecule has 4 atom stereocenters. The number of benzene rings is 1. The molecule has 1 rings (SSSR count). The number of carbonyl (C=O) groups excluding carboxylic acids is 2. The van der Waals surface area contributed by atoms with Crippen molar-refractivity contribution in [3.8, 4) is 12.3 Å². The van der Waals surface area contributed by atoms with E-state index in [1.165, 1.54) is 12.0 Å². The Kier molecular flexibility index (Phi) is 17.6. The van der Waals surface area contributed by atoms with E-state index >= 15 is 0 Å². The zero-order chi connectivity index (χ0) is 34.2. The first-order chi connectivity index (χ1) is 21.1. The first-order valence-electron chi connectivity index (χ1n) is 15.7. The van der Waals surface area contributed by atoms with Crippen LogP contribution in [-0.2, 0) is 30.4 Å². The number of hydrogen-bond donors (Lipinski definition) is 3. The van der Waals surface area contributed by atoms with Gasteiger partial charge >= 0.3 is 11.9 Å². The first-order valence-corrected chi connectivity index (χ1v) is 16.5. The molecule has 0 bridgehead atoms. The summed E-state index contributed by atoms with van der Waals surface area (Å²) in [5.74, 6) is 0.968. The van der Waals surface area contributed by atoms with Crippen molar-refractivity contribution in [2.45, 2.75) is 106 Å². The van der Waals surface area contributed by atoms with Crippen molar-refractivity contribution in [2.24, 2.45) is 23.2 Å². The van der Waals surface area contributed by atoms with Gasteiger partial charge in [0, 0.05) is 31.9 Å². The summed E-state index contributed by atoms with van der Waals surface area (Å²) >= 11 is 1.11. The molecule has 10 heteroatoms. The van der Waals surface area contributed by atoms with E-state index in [4.69, 9.17) is 27.1 Å². The molecular weight excluding hydrogens is 590 g/mol. The Bertz CT molecular complexity index is 1170. The van der Waals surface area contributed by atoms with Gasteiger partial charge in [0.2, 0.25) is 5.91 Å². The second kappa shape index (κ2) is 20.0. The summed E-state index contributed by atoms with van der Waals surface area (Å²) < 4.78 is 5.62. The van der Waals surface area contributed by atoms with Crippen LogP contribution in [0, 0.1) is 40.9 Å². The summed E-state index contributed by atoms with van der Waals surface area (Å²) in [6.07, 6.45) is 9.80. The van der Waals surface area contributed by atoms with Crippen molar-refractivity contribution >= 4 is 40.3 Å². The quantitative estimate of drug-likeness (QED) is 0.0260. The van der Waals surface area contributed by atoms with E-state index in [1.54, 1.807) is 19.3 Å². The molecule has 0 fully saturated rings. The summed E-state index contributed by atoms with van der Waals surface area (Å²) in [7, 11) is 0. The number of nitrogen functional groups attached to an aromatic ring is 1. The smallest absolute Gasteiger partial charge is 0.309 e. The molecular formula is C35H53N3O6S. The van der Waals surface area contributed by atoms with Crippen molar-refractivity contribution in [3.05, 3.63) is 41.3 Å². The molecule has 0 aliphatic rings. The number of nitrogens with zero attached hydrogens (tertiary/aromatic N) is 1. The van der Waals surface area contributed by atoms with Gasteiger partial charge in [-0.05, 0) is 74.0 Å². The number of aliphatic carboxylic acids is 1. The van der Waals surface area contributed by atoms with Gasteiger partial charge in [-0.15, -0.1) is 12.3 Å². The van der Waals surface area contributed by atoms with Crippen LogP contribution < -0.4 is 5.73 Å². The van der Waals surface area contributed by atoms with E-state index in [0.717, 1.165) is 23.7 Å². The summed E-state index contributed by atoms with van der Waals surface area (Å²) in [4.78, 5) is 43.4. The molecule has 1 amide bonds.